The van der Waals surface area contributed by atoms with E-state index in [2.05, 4.69) is 61.5 Å². The van der Waals surface area contributed by atoms with Gasteiger partial charge in [-0.25, -0.2) is 19.0 Å². The third-order valence-electron chi connectivity index (χ3n) is 6.66. The van der Waals surface area contributed by atoms with Gasteiger partial charge in [0.1, 0.15) is 11.6 Å². The molecule has 3 aromatic carbocycles. The molecule has 0 fully saturated rings. The molecule has 0 spiro atoms. The Bertz CT molecular complexity index is 1820. The van der Waals surface area contributed by atoms with Crippen LogP contribution >= 0.6 is 0 Å². The van der Waals surface area contributed by atoms with E-state index in [4.69, 9.17) is 15.1 Å². The van der Waals surface area contributed by atoms with Crippen LogP contribution in [-0.4, -0.2) is 24.7 Å². The van der Waals surface area contributed by atoms with Crippen molar-refractivity contribution in [1.29, 1.82) is 0 Å². The van der Waals surface area contributed by atoms with Crippen LogP contribution in [0.15, 0.2) is 85.2 Å². The van der Waals surface area contributed by atoms with Crippen LogP contribution in [0.1, 0.15) is 32.0 Å². The summed E-state index contributed by atoms with van der Waals surface area (Å²) in [6.07, 6.45) is 3.44. The Balaban J connectivity index is 1.54. The Morgan fingerprint density at radius 1 is 0.821 bits per heavy atom. The van der Waals surface area contributed by atoms with Gasteiger partial charge in [0, 0.05) is 29.6 Å². The lowest BCUT2D eigenvalue weighted by Gasteiger charge is -2.16. The Morgan fingerprint density at radius 3 is 2.36 bits per heavy atom. The topological polar surface area (TPSA) is 80.5 Å². The van der Waals surface area contributed by atoms with Gasteiger partial charge in [-0.05, 0) is 59.7 Å². The monoisotopic (exact) mass is 517 g/mol. The molecule has 3 heterocycles. The van der Waals surface area contributed by atoms with Gasteiger partial charge in [0.25, 0.3) is 0 Å². The largest absolute Gasteiger partial charge is 0.337 e. The Kier molecular flexibility index (Phi) is 5.95. The fourth-order valence-electron chi connectivity index (χ4n) is 4.57. The van der Waals surface area contributed by atoms with Gasteiger partial charge in [0.05, 0.1) is 22.4 Å². The number of pyridine rings is 1. The maximum absolute atomic E-state index is 14.2. The van der Waals surface area contributed by atoms with Crippen molar-refractivity contribution in [3.8, 4) is 5.69 Å². The van der Waals surface area contributed by atoms with Gasteiger partial charge in [0.2, 0.25) is 0 Å². The number of aromatic nitrogens is 5. The third kappa shape index (κ3) is 4.77. The van der Waals surface area contributed by atoms with Crippen molar-refractivity contribution in [3.63, 3.8) is 0 Å². The molecule has 3 aromatic heterocycles. The molecule has 8 heteroatoms. The molecule has 39 heavy (non-hydrogen) atoms. The van der Waals surface area contributed by atoms with Crippen LogP contribution in [0.3, 0.4) is 0 Å². The van der Waals surface area contributed by atoms with Crippen molar-refractivity contribution in [2.75, 3.05) is 10.6 Å². The second-order valence-electron chi connectivity index (χ2n) is 10.6. The number of nitrogens with zero attached hydrogens (tertiary/aromatic N) is 5. The summed E-state index contributed by atoms with van der Waals surface area (Å²) < 4.78 is 15.9. The van der Waals surface area contributed by atoms with E-state index in [1.54, 1.807) is 23.1 Å². The van der Waals surface area contributed by atoms with Gasteiger partial charge in [-0.15, -0.1) is 0 Å². The molecule has 6 aromatic rings. The number of benzene rings is 3. The molecule has 7 nitrogen and oxygen atoms in total. The predicted octanol–water partition coefficient (Wildman–Crippen LogP) is 7.60. The highest BCUT2D eigenvalue weighted by Crippen LogP contribution is 2.34. The van der Waals surface area contributed by atoms with E-state index in [-0.39, 0.29) is 11.2 Å². The number of hydrogen-bond acceptors (Lipinski definition) is 6. The number of halogens is 1. The van der Waals surface area contributed by atoms with Gasteiger partial charge >= 0.3 is 0 Å². The van der Waals surface area contributed by atoms with E-state index in [9.17, 15) is 4.39 Å². The van der Waals surface area contributed by atoms with Crippen LogP contribution < -0.4 is 10.6 Å². The molecule has 0 aliphatic heterocycles. The van der Waals surface area contributed by atoms with Crippen LogP contribution in [0, 0.1) is 12.7 Å². The summed E-state index contributed by atoms with van der Waals surface area (Å²) in [5.41, 5.74) is 4.69. The van der Waals surface area contributed by atoms with Crippen molar-refractivity contribution >= 4 is 44.9 Å². The molecule has 0 aliphatic rings. The van der Waals surface area contributed by atoms with Crippen LogP contribution in [0.4, 0.5) is 27.5 Å². The molecule has 0 radical (unpaired) electrons. The summed E-state index contributed by atoms with van der Waals surface area (Å²) in [7, 11) is 0. The highest BCUT2D eigenvalue weighted by molar-refractivity contribution is 6.00. The highest BCUT2D eigenvalue weighted by atomic mass is 19.1. The molecule has 0 saturated carbocycles. The lowest BCUT2D eigenvalue weighted by atomic mass is 9.92. The van der Waals surface area contributed by atoms with E-state index in [0.717, 1.165) is 38.8 Å². The summed E-state index contributed by atoms with van der Waals surface area (Å²) in [5, 5.41) is 13.9. The van der Waals surface area contributed by atoms with Crippen molar-refractivity contribution < 1.29 is 4.39 Å². The lowest BCUT2D eigenvalue weighted by Crippen LogP contribution is -2.12. The fourth-order valence-corrected chi connectivity index (χ4v) is 4.57. The smallest absolute Gasteiger partial charge is 0.175 e. The van der Waals surface area contributed by atoms with E-state index in [1.807, 2.05) is 36.4 Å². The number of aryl methyl sites for hydroxylation is 1. The van der Waals surface area contributed by atoms with Gasteiger partial charge in [-0.2, -0.15) is 5.10 Å². The minimum atomic E-state index is -0.334. The molecule has 0 unspecified atom stereocenters. The van der Waals surface area contributed by atoms with Crippen molar-refractivity contribution in [3.05, 3.63) is 102 Å². The van der Waals surface area contributed by atoms with Crippen LogP contribution in [0.25, 0.3) is 27.5 Å². The first kappa shape index (κ1) is 24.5. The molecule has 6 rings (SSSR count). The maximum atomic E-state index is 14.2. The summed E-state index contributed by atoms with van der Waals surface area (Å²) in [4.78, 5) is 14.2. The predicted molar refractivity (Wildman–Crippen MR) is 155 cm³/mol. The van der Waals surface area contributed by atoms with Crippen molar-refractivity contribution in [2.24, 2.45) is 0 Å². The summed E-state index contributed by atoms with van der Waals surface area (Å²) in [5.74, 6) is 1.39. The Morgan fingerprint density at radius 2 is 1.59 bits per heavy atom. The molecule has 2 N–H and O–H groups in total. The standard InChI is InChI=1S/C31H28FN7/c1-19-24-11-6-5-8-20(24)16-25-28(19)37-29(34-22-12-14-33-15-13-22)30(35-25)36-27-18-26(31(2,3)4)38-39(27)23-10-7-9-21(32)17-23/h5-18H,1-4H3,(H,35,36)(H,33,34,37). The van der Waals surface area contributed by atoms with Crippen molar-refractivity contribution in [2.45, 2.75) is 33.1 Å². The molecule has 0 atom stereocenters. The number of anilines is 4. The SMILES string of the molecule is Cc1c2ccccc2cc2nc(Nc3cc(C(C)(C)C)nn3-c3cccc(F)c3)c(Nc3ccncc3)nc12. The summed E-state index contributed by atoms with van der Waals surface area (Å²) >= 11 is 0. The van der Waals surface area contributed by atoms with E-state index >= 15 is 0 Å². The van der Waals surface area contributed by atoms with Gasteiger partial charge < -0.3 is 10.6 Å². The number of nitrogens with one attached hydrogen (secondary N) is 2. The second-order valence-corrected chi connectivity index (χ2v) is 10.6. The second kappa shape index (κ2) is 9.47. The lowest BCUT2D eigenvalue weighted by molar-refractivity contribution is 0.560. The van der Waals surface area contributed by atoms with E-state index < -0.39 is 0 Å². The summed E-state index contributed by atoms with van der Waals surface area (Å²) in [6, 6.07) is 22.4. The number of hydrogen-bond donors (Lipinski definition) is 2. The molecular formula is C31H28FN7. The average molecular weight is 518 g/mol. The van der Waals surface area contributed by atoms with Gasteiger partial charge in [0.15, 0.2) is 11.6 Å². The normalized spacial score (nSPS) is 11.7. The maximum Gasteiger partial charge on any atom is 0.175 e. The minimum Gasteiger partial charge on any atom is -0.337 e. The number of rotatable bonds is 5. The quantitative estimate of drug-likeness (QED) is 0.229. The van der Waals surface area contributed by atoms with Gasteiger partial charge in [-0.3, -0.25) is 4.98 Å². The van der Waals surface area contributed by atoms with Crippen LogP contribution in [-0.2, 0) is 5.41 Å². The summed E-state index contributed by atoms with van der Waals surface area (Å²) in [6.45, 7) is 8.34. The molecule has 194 valence electrons. The van der Waals surface area contributed by atoms with E-state index in [0.29, 0.717) is 23.1 Å². The average Bonchev–Trinajstić information content (AvgIpc) is 3.35. The highest BCUT2D eigenvalue weighted by Gasteiger charge is 2.22. The Labute approximate surface area is 225 Å². The first-order valence-corrected chi connectivity index (χ1v) is 12.8. The molecular weight excluding hydrogens is 489 g/mol. The molecule has 0 bridgehead atoms. The van der Waals surface area contributed by atoms with Gasteiger partial charge in [-0.1, -0.05) is 51.1 Å². The molecule has 0 amide bonds. The van der Waals surface area contributed by atoms with E-state index in [1.165, 1.54) is 12.1 Å². The van der Waals surface area contributed by atoms with Crippen molar-refractivity contribution in [1.82, 2.24) is 24.7 Å². The Hall–Kier alpha value is -4.85. The zero-order chi connectivity index (χ0) is 27.1. The number of fused-ring (bicyclic) bond motifs is 2. The fraction of sp³-hybridized carbons (Fsp3) is 0.161. The molecule has 0 saturated heterocycles. The minimum absolute atomic E-state index is 0.224. The first-order chi connectivity index (χ1) is 18.8. The first-order valence-electron chi connectivity index (χ1n) is 12.8. The molecule has 0 aliphatic carbocycles. The zero-order valence-corrected chi connectivity index (χ0v) is 22.2. The van der Waals surface area contributed by atoms with Crippen LogP contribution in [0.5, 0.6) is 0 Å². The third-order valence-corrected chi connectivity index (χ3v) is 6.66. The van der Waals surface area contributed by atoms with Crippen LogP contribution in [0.2, 0.25) is 0 Å². The zero-order valence-electron chi connectivity index (χ0n) is 22.2.